The lowest BCUT2D eigenvalue weighted by Crippen LogP contribution is -2.30. The fourth-order valence-corrected chi connectivity index (χ4v) is 1.42. The first-order valence-electron chi connectivity index (χ1n) is 5.04. The summed E-state index contributed by atoms with van der Waals surface area (Å²) in [6, 6.07) is 1.98. The van der Waals surface area contributed by atoms with Crippen molar-refractivity contribution in [3.8, 4) is 6.07 Å². The van der Waals surface area contributed by atoms with Crippen LogP contribution in [0.4, 0.5) is 5.82 Å². The third-order valence-electron chi connectivity index (χ3n) is 2.27. The second-order valence-electron chi connectivity index (χ2n) is 3.35. The van der Waals surface area contributed by atoms with Crippen molar-refractivity contribution in [2.45, 2.75) is 12.5 Å². The van der Waals surface area contributed by atoms with Gasteiger partial charge in [-0.15, -0.1) is 0 Å². The zero-order valence-electron chi connectivity index (χ0n) is 8.72. The number of nitrogens with zero attached hydrogens (tertiary/aromatic N) is 3. The summed E-state index contributed by atoms with van der Waals surface area (Å²) in [7, 11) is 0. The molecule has 6 heteroatoms. The van der Waals surface area contributed by atoms with Crippen LogP contribution in [0.25, 0.3) is 0 Å². The largest absolute Gasteiger partial charge is 0.365 e. The number of nitriles is 1. The number of hydrogen-bond donors (Lipinski definition) is 1. The number of aromatic nitrogens is 2. The molecule has 0 amide bonds. The van der Waals surface area contributed by atoms with E-state index in [2.05, 4.69) is 15.3 Å². The van der Waals surface area contributed by atoms with E-state index in [0.717, 1.165) is 6.42 Å². The quantitative estimate of drug-likeness (QED) is 0.800. The highest BCUT2D eigenvalue weighted by molar-refractivity contribution is 5.46. The summed E-state index contributed by atoms with van der Waals surface area (Å²) in [6.45, 7) is 1.65. The first-order chi connectivity index (χ1) is 7.90. The molecule has 0 saturated carbocycles. The molecule has 1 aliphatic rings. The van der Waals surface area contributed by atoms with Crippen LogP contribution in [0.1, 0.15) is 12.1 Å². The Morgan fingerprint density at radius 1 is 1.50 bits per heavy atom. The Morgan fingerprint density at radius 3 is 3.12 bits per heavy atom. The molecule has 6 nitrogen and oxygen atoms in total. The molecule has 1 aromatic heterocycles. The predicted molar refractivity (Wildman–Crippen MR) is 55.5 cm³/mol. The van der Waals surface area contributed by atoms with Gasteiger partial charge in [0.1, 0.15) is 12.9 Å². The van der Waals surface area contributed by atoms with E-state index >= 15 is 0 Å². The van der Waals surface area contributed by atoms with Gasteiger partial charge in [0.25, 0.3) is 0 Å². The molecule has 2 rings (SSSR count). The van der Waals surface area contributed by atoms with Crippen molar-refractivity contribution in [1.29, 1.82) is 5.26 Å². The van der Waals surface area contributed by atoms with Crippen LogP contribution in [0.5, 0.6) is 0 Å². The number of ether oxygens (including phenoxy) is 2. The number of nitrogens with one attached hydrogen (secondary N) is 1. The topological polar surface area (TPSA) is 80.1 Å². The average Bonchev–Trinajstić information content (AvgIpc) is 2.38. The molecule has 1 saturated heterocycles. The van der Waals surface area contributed by atoms with Gasteiger partial charge in [0.2, 0.25) is 0 Å². The van der Waals surface area contributed by atoms with Gasteiger partial charge >= 0.3 is 0 Å². The lowest BCUT2D eigenvalue weighted by molar-refractivity contribution is -0.133. The van der Waals surface area contributed by atoms with Gasteiger partial charge in [0, 0.05) is 18.9 Å². The molecule has 1 unspecified atom stereocenters. The van der Waals surface area contributed by atoms with E-state index in [1.54, 1.807) is 6.20 Å². The maximum atomic E-state index is 8.81. The van der Waals surface area contributed by atoms with Gasteiger partial charge in [0.15, 0.2) is 11.5 Å². The first-order valence-corrected chi connectivity index (χ1v) is 5.04. The molecule has 0 radical (unpaired) electrons. The Kier molecular flexibility index (Phi) is 3.64. The summed E-state index contributed by atoms with van der Waals surface area (Å²) >= 11 is 0. The molecule has 1 fully saturated rings. The molecule has 1 aromatic rings. The number of rotatable bonds is 3. The summed E-state index contributed by atoms with van der Waals surface area (Å²) in [5.74, 6) is 0.500. The predicted octanol–water partition coefficient (Wildman–Crippen LogP) is 0.523. The van der Waals surface area contributed by atoms with Crippen LogP contribution in [0.3, 0.4) is 0 Å². The highest BCUT2D eigenvalue weighted by Gasteiger charge is 2.14. The molecule has 16 heavy (non-hydrogen) atoms. The minimum absolute atomic E-state index is 0.0994. The van der Waals surface area contributed by atoms with Crippen LogP contribution < -0.4 is 5.32 Å². The van der Waals surface area contributed by atoms with E-state index in [4.69, 9.17) is 14.7 Å². The minimum atomic E-state index is 0.0994. The van der Waals surface area contributed by atoms with E-state index < -0.39 is 0 Å². The SMILES string of the molecule is N#Cc1nccnc1NCC1CCOCO1. The van der Waals surface area contributed by atoms with Crippen LogP contribution in [0.15, 0.2) is 12.4 Å². The number of anilines is 1. The van der Waals surface area contributed by atoms with Gasteiger partial charge in [-0.1, -0.05) is 0 Å². The van der Waals surface area contributed by atoms with Gasteiger partial charge in [-0.05, 0) is 6.42 Å². The smallest absolute Gasteiger partial charge is 0.182 e. The molecule has 2 heterocycles. The average molecular weight is 220 g/mol. The summed E-state index contributed by atoms with van der Waals surface area (Å²) in [4.78, 5) is 7.96. The molecule has 0 aliphatic carbocycles. The van der Waals surface area contributed by atoms with E-state index in [-0.39, 0.29) is 6.10 Å². The molecule has 0 bridgehead atoms. The van der Waals surface area contributed by atoms with Gasteiger partial charge in [0.05, 0.1) is 12.7 Å². The van der Waals surface area contributed by atoms with Crippen LogP contribution in [0, 0.1) is 11.3 Å². The maximum Gasteiger partial charge on any atom is 0.182 e. The molecule has 1 N–H and O–H groups in total. The van der Waals surface area contributed by atoms with Gasteiger partial charge in [-0.3, -0.25) is 0 Å². The van der Waals surface area contributed by atoms with Crippen LogP contribution in [0.2, 0.25) is 0 Å². The minimum Gasteiger partial charge on any atom is -0.365 e. The third-order valence-corrected chi connectivity index (χ3v) is 2.27. The highest BCUT2D eigenvalue weighted by atomic mass is 16.7. The Balaban J connectivity index is 1.91. The Bertz CT molecular complexity index is 385. The Morgan fingerprint density at radius 2 is 2.38 bits per heavy atom. The summed E-state index contributed by atoms with van der Waals surface area (Å²) in [5, 5.41) is 11.9. The molecular formula is C10H12N4O2. The lowest BCUT2D eigenvalue weighted by Gasteiger charge is -2.23. The van der Waals surface area contributed by atoms with Crippen molar-refractivity contribution in [3.63, 3.8) is 0 Å². The van der Waals surface area contributed by atoms with Crippen LogP contribution >= 0.6 is 0 Å². The van der Waals surface area contributed by atoms with E-state index in [1.165, 1.54) is 6.20 Å². The Labute approximate surface area is 93.2 Å². The standard InChI is InChI=1S/C10H12N4O2/c11-5-9-10(13-3-2-12-9)14-6-8-1-4-15-7-16-8/h2-3,8H,1,4,6-7H2,(H,13,14). The van der Waals surface area contributed by atoms with Crippen molar-refractivity contribution in [1.82, 2.24) is 9.97 Å². The second kappa shape index (κ2) is 5.39. The maximum absolute atomic E-state index is 8.81. The fraction of sp³-hybridized carbons (Fsp3) is 0.500. The third kappa shape index (κ3) is 2.66. The molecule has 84 valence electrons. The molecule has 0 aromatic carbocycles. The van der Waals surface area contributed by atoms with E-state index in [9.17, 15) is 0 Å². The monoisotopic (exact) mass is 220 g/mol. The summed E-state index contributed by atoms with van der Waals surface area (Å²) < 4.78 is 10.4. The highest BCUT2D eigenvalue weighted by Crippen LogP contribution is 2.10. The van der Waals surface area contributed by atoms with Gasteiger partial charge in [-0.25, -0.2) is 9.97 Å². The van der Waals surface area contributed by atoms with Crippen LogP contribution in [-0.4, -0.2) is 36.0 Å². The van der Waals surface area contributed by atoms with Crippen molar-refractivity contribution in [2.75, 3.05) is 25.3 Å². The summed E-state index contributed by atoms with van der Waals surface area (Å²) in [5.41, 5.74) is 0.301. The normalized spacial score (nSPS) is 20.1. The van der Waals surface area contributed by atoms with E-state index in [1.807, 2.05) is 6.07 Å². The number of hydrogen-bond acceptors (Lipinski definition) is 6. The zero-order valence-corrected chi connectivity index (χ0v) is 8.72. The fourth-order valence-electron chi connectivity index (χ4n) is 1.42. The van der Waals surface area contributed by atoms with Gasteiger partial charge in [-0.2, -0.15) is 5.26 Å². The Hall–Kier alpha value is -1.71. The second-order valence-corrected chi connectivity index (χ2v) is 3.35. The van der Waals surface area contributed by atoms with Crippen molar-refractivity contribution in [3.05, 3.63) is 18.1 Å². The molecule has 0 spiro atoms. The van der Waals surface area contributed by atoms with Crippen LogP contribution in [-0.2, 0) is 9.47 Å². The van der Waals surface area contributed by atoms with E-state index in [0.29, 0.717) is 31.5 Å². The summed E-state index contributed by atoms with van der Waals surface area (Å²) in [6.07, 6.45) is 3.99. The lowest BCUT2D eigenvalue weighted by atomic mass is 10.2. The van der Waals surface area contributed by atoms with Crippen molar-refractivity contribution in [2.24, 2.45) is 0 Å². The van der Waals surface area contributed by atoms with Crippen molar-refractivity contribution < 1.29 is 9.47 Å². The molecule has 1 atom stereocenters. The molecule has 1 aliphatic heterocycles. The van der Waals surface area contributed by atoms with Crippen molar-refractivity contribution >= 4 is 5.82 Å². The zero-order chi connectivity index (χ0) is 11.2. The van der Waals surface area contributed by atoms with Gasteiger partial charge < -0.3 is 14.8 Å². The molecular weight excluding hydrogens is 208 g/mol. The first kappa shape index (κ1) is 10.8.